The van der Waals surface area contributed by atoms with Crippen molar-refractivity contribution in [3.8, 4) is 0 Å². The van der Waals surface area contributed by atoms with Crippen LogP contribution >= 0.6 is 15.9 Å². The summed E-state index contributed by atoms with van der Waals surface area (Å²) >= 11 is 3.68. The average molecular weight is 642 g/mol. The van der Waals surface area contributed by atoms with Gasteiger partial charge in [0.05, 0.1) is 41.7 Å². The van der Waals surface area contributed by atoms with Crippen LogP contribution < -0.4 is 0 Å². The standard InChI is InChI=1S/C30H41BrO8S/c1-21-25(38-29(4,5)37-21)16-23(36-20-35-18-22-12-8-6-9-13-22)17-30(31)27(39-30)26(32)28(2,3)19-40(33,34)24-14-10-7-11-15-24/h6-15,21,23,25-27,32H,16-20H2,1-5H3/t21-,23-,25-,26-,27-,30-/m1/s1. The fraction of sp³-hybridized carbons (Fsp3) is 0.600. The molecule has 2 aromatic rings. The van der Waals surface area contributed by atoms with E-state index >= 15 is 0 Å². The lowest BCUT2D eigenvalue weighted by molar-refractivity contribution is -0.152. The second-order valence-corrected chi connectivity index (χ2v) is 15.2. The molecule has 0 spiro atoms. The lowest BCUT2D eigenvalue weighted by atomic mass is 9.85. The number of epoxide rings is 1. The molecule has 2 heterocycles. The monoisotopic (exact) mass is 640 g/mol. The smallest absolute Gasteiger partial charge is 0.179 e. The Kier molecular flexibility index (Phi) is 9.84. The Bertz CT molecular complexity index is 1210. The molecule has 0 aliphatic carbocycles. The fourth-order valence-electron chi connectivity index (χ4n) is 5.25. The summed E-state index contributed by atoms with van der Waals surface area (Å²) in [4.78, 5) is 0.233. The molecule has 2 saturated heterocycles. The van der Waals surface area contributed by atoms with Crippen LogP contribution in [0.5, 0.6) is 0 Å². The summed E-state index contributed by atoms with van der Waals surface area (Å²) in [6, 6.07) is 18.1. The topological polar surface area (TPSA) is 104 Å². The molecule has 2 aliphatic rings. The number of sulfone groups is 1. The predicted molar refractivity (Wildman–Crippen MR) is 155 cm³/mol. The van der Waals surface area contributed by atoms with E-state index < -0.39 is 37.8 Å². The summed E-state index contributed by atoms with van der Waals surface area (Å²) in [5.74, 6) is -0.908. The van der Waals surface area contributed by atoms with E-state index in [4.69, 9.17) is 23.7 Å². The van der Waals surface area contributed by atoms with Gasteiger partial charge in [0.25, 0.3) is 0 Å². The SMILES string of the molecule is C[C@H]1OC(C)(C)O[C@@H]1C[C@H](C[C@@]1(Br)O[C@@H]1[C@@H](O)C(C)(C)CS(=O)(=O)c1ccccc1)OCOCc1ccccc1. The van der Waals surface area contributed by atoms with Crippen LogP contribution in [0.1, 0.15) is 53.0 Å². The maximum atomic E-state index is 13.0. The normalized spacial score (nSPS) is 27.8. The van der Waals surface area contributed by atoms with Gasteiger partial charge in [-0.15, -0.1) is 0 Å². The van der Waals surface area contributed by atoms with E-state index in [-0.39, 0.29) is 35.8 Å². The van der Waals surface area contributed by atoms with Gasteiger partial charge >= 0.3 is 0 Å². The molecule has 4 rings (SSSR count). The Morgan fingerprint density at radius 3 is 2.25 bits per heavy atom. The summed E-state index contributed by atoms with van der Waals surface area (Å²) in [6.45, 7) is 9.72. The molecule has 2 aromatic carbocycles. The van der Waals surface area contributed by atoms with Crippen molar-refractivity contribution in [2.75, 3.05) is 12.5 Å². The minimum atomic E-state index is -3.60. The third kappa shape index (κ3) is 8.13. The zero-order valence-corrected chi connectivity index (χ0v) is 26.2. The maximum absolute atomic E-state index is 13.0. The maximum Gasteiger partial charge on any atom is 0.179 e. The highest BCUT2D eigenvalue weighted by atomic mass is 79.9. The number of ether oxygens (including phenoxy) is 5. The largest absolute Gasteiger partial charge is 0.390 e. The van der Waals surface area contributed by atoms with Crippen molar-refractivity contribution in [2.24, 2.45) is 5.41 Å². The zero-order valence-electron chi connectivity index (χ0n) is 23.8. The predicted octanol–water partition coefficient (Wildman–Crippen LogP) is 5.22. The molecule has 2 fully saturated rings. The number of alkyl halides is 1. The van der Waals surface area contributed by atoms with E-state index in [9.17, 15) is 13.5 Å². The highest BCUT2D eigenvalue weighted by Gasteiger charge is 2.62. The molecule has 0 unspecified atom stereocenters. The average Bonchev–Trinajstić information content (AvgIpc) is 3.47. The van der Waals surface area contributed by atoms with Crippen molar-refractivity contribution in [2.45, 2.75) is 99.8 Å². The molecule has 0 radical (unpaired) electrons. The van der Waals surface area contributed by atoms with E-state index in [1.807, 2.05) is 51.1 Å². The molecule has 222 valence electrons. The Hall–Kier alpha value is -1.37. The van der Waals surface area contributed by atoms with Crippen molar-refractivity contribution in [1.29, 1.82) is 0 Å². The van der Waals surface area contributed by atoms with Crippen molar-refractivity contribution in [3.05, 3.63) is 66.2 Å². The first-order valence-corrected chi connectivity index (χ1v) is 16.1. The van der Waals surface area contributed by atoms with Gasteiger partial charge in [-0.25, -0.2) is 8.42 Å². The highest BCUT2D eigenvalue weighted by molar-refractivity contribution is 9.10. The lowest BCUT2D eigenvalue weighted by Crippen LogP contribution is -2.42. The second-order valence-electron chi connectivity index (χ2n) is 11.9. The molecular weight excluding hydrogens is 600 g/mol. The van der Waals surface area contributed by atoms with Crippen molar-refractivity contribution in [3.63, 3.8) is 0 Å². The minimum Gasteiger partial charge on any atom is -0.390 e. The number of halogens is 1. The molecule has 0 bridgehead atoms. The van der Waals surface area contributed by atoms with E-state index in [1.54, 1.807) is 44.2 Å². The third-order valence-electron chi connectivity index (χ3n) is 7.37. The molecule has 1 N–H and O–H groups in total. The van der Waals surface area contributed by atoms with Crippen LogP contribution in [0.3, 0.4) is 0 Å². The molecule has 6 atom stereocenters. The van der Waals surface area contributed by atoms with Gasteiger partial charge in [-0.1, -0.05) is 78.3 Å². The van der Waals surface area contributed by atoms with Gasteiger partial charge in [0.15, 0.2) is 20.1 Å². The van der Waals surface area contributed by atoms with E-state index in [1.165, 1.54) is 0 Å². The summed E-state index contributed by atoms with van der Waals surface area (Å²) in [5, 5.41) is 11.3. The molecule has 0 amide bonds. The molecule has 0 saturated carbocycles. The Balaban J connectivity index is 1.39. The Labute approximate surface area is 246 Å². The van der Waals surface area contributed by atoms with Gasteiger partial charge in [-0.2, -0.15) is 0 Å². The summed E-state index contributed by atoms with van der Waals surface area (Å²) < 4.78 is 55.2. The first-order chi connectivity index (χ1) is 18.7. The number of rotatable bonds is 14. The van der Waals surface area contributed by atoms with E-state index in [2.05, 4.69) is 15.9 Å². The summed E-state index contributed by atoms with van der Waals surface area (Å²) in [5.41, 5.74) is 0.0780. The van der Waals surface area contributed by atoms with Crippen molar-refractivity contribution in [1.82, 2.24) is 0 Å². The first kappa shape index (κ1) is 31.6. The quantitative estimate of drug-likeness (QED) is 0.130. The van der Waals surface area contributed by atoms with E-state index in [0.717, 1.165) is 5.56 Å². The van der Waals surface area contributed by atoms with Crippen LogP contribution in [-0.4, -0.2) is 66.9 Å². The van der Waals surface area contributed by atoms with Crippen LogP contribution in [0.2, 0.25) is 0 Å². The second kappa shape index (κ2) is 12.5. The van der Waals surface area contributed by atoms with Crippen LogP contribution in [0, 0.1) is 5.41 Å². The van der Waals surface area contributed by atoms with Gasteiger partial charge < -0.3 is 28.8 Å². The number of benzene rings is 2. The van der Waals surface area contributed by atoms with Gasteiger partial charge in [0.1, 0.15) is 12.9 Å². The Morgan fingerprint density at radius 1 is 1.02 bits per heavy atom. The van der Waals surface area contributed by atoms with E-state index in [0.29, 0.717) is 19.4 Å². The summed E-state index contributed by atoms with van der Waals surface area (Å²) in [7, 11) is -3.60. The summed E-state index contributed by atoms with van der Waals surface area (Å²) in [6.07, 6.45) is -1.37. The number of hydrogen-bond donors (Lipinski definition) is 1. The van der Waals surface area contributed by atoms with Gasteiger partial charge in [-0.05, 0) is 38.5 Å². The number of aliphatic hydroxyl groups is 1. The van der Waals surface area contributed by atoms with Crippen LogP contribution in [0.25, 0.3) is 0 Å². The zero-order chi connectivity index (χ0) is 29.2. The Morgan fingerprint density at radius 2 is 1.65 bits per heavy atom. The first-order valence-electron chi connectivity index (χ1n) is 13.6. The molecule has 10 heteroatoms. The van der Waals surface area contributed by atoms with Crippen LogP contribution in [0.15, 0.2) is 65.6 Å². The number of hydrogen-bond acceptors (Lipinski definition) is 8. The van der Waals surface area contributed by atoms with Crippen molar-refractivity contribution >= 4 is 25.8 Å². The minimum absolute atomic E-state index is 0.0715. The third-order valence-corrected chi connectivity index (χ3v) is 10.4. The van der Waals surface area contributed by atoms with Crippen LogP contribution in [-0.2, 0) is 40.1 Å². The van der Waals surface area contributed by atoms with Gasteiger partial charge in [0, 0.05) is 18.3 Å². The van der Waals surface area contributed by atoms with Crippen LogP contribution in [0.4, 0.5) is 0 Å². The molecule has 2 aliphatic heterocycles. The van der Waals surface area contributed by atoms with Gasteiger partial charge in [-0.3, -0.25) is 0 Å². The molecular formula is C30H41BrO8S. The highest BCUT2D eigenvalue weighted by Crippen LogP contribution is 2.52. The lowest BCUT2D eigenvalue weighted by Gasteiger charge is -2.30. The number of aliphatic hydroxyl groups excluding tert-OH is 1. The fourth-order valence-corrected chi connectivity index (χ4v) is 7.95. The molecule has 8 nitrogen and oxygen atoms in total. The van der Waals surface area contributed by atoms with Crippen molar-refractivity contribution < 1.29 is 37.2 Å². The van der Waals surface area contributed by atoms with Gasteiger partial charge in [0.2, 0.25) is 0 Å². The molecule has 0 aromatic heterocycles. The molecule has 40 heavy (non-hydrogen) atoms.